The van der Waals surface area contributed by atoms with E-state index < -0.39 is 0 Å². The van der Waals surface area contributed by atoms with E-state index in [0.29, 0.717) is 11.8 Å². The maximum Gasteiger partial charge on any atom is 0.149 e. The lowest BCUT2D eigenvalue weighted by molar-refractivity contribution is -0.128. The Kier molecular flexibility index (Phi) is 3.45. The predicted molar refractivity (Wildman–Crippen MR) is 61.8 cm³/mol. The minimum atomic E-state index is 0.261. The molecule has 2 rings (SSSR count). The molecule has 3 atom stereocenters. The Hall–Kier alpha value is -0.370. The number of hydrogen-bond acceptors (Lipinski definition) is 2. The Morgan fingerprint density at radius 2 is 1.93 bits per heavy atom. The minimum absolute atomic E-state index is 0.261. The molecule has 1 aliphatic heterocycles. The number of carbonyl (C=O) groups excluding carboxylic acids is 1. The zero-order valence-electron chi connectivity index (χ0n) is 10.0. The molecule has 2 heteroatoms. The molecule has 2 nitrogen and oxygen atoms in total. The van der Waals surface area contributed by atoms with Gasteiger partial charge in [-0.15, -0.1) is 0 Å². The van der Waals surface area contributed by atoms with Crippen LogP contribution in [0.2, 0.25) is 0 Å². The van der Waals surface area contributed by atoms with Gasteiger partial charge in [0, 0.05) is 12.5 Å². The minimum Gasteiger partial charge on any atom is -0.298 e. The fourth-order valence-electron chi connectivity index (χ4n) is 3.12. The van der Waals surface area contributed by atoms with Gasteiger partial charge in [-0.1, -0.05) is 13.3 Å². The lowest BCUT2D eigenvalue weighted by Crippen LogP contribution is -2.52. The molecule has 2 fully saturated rings. The fourth-order valence-corrected chi connectivity index (χ4v) is 3.12. The first kappa shape index (κ1) is 11.1. The molecule has 0 aromatic heterocycles. The number of piperidine rings is 1. The van der Waals surface area contributed by atoms with Crippen LogP contribution in [0.25, 0.3) is 0 Å². The van der Waals surface area contributed by atoms with Gasteiger partial charge in [0.15, 0.2) is 0 Å². The lowest BCUT2D eigenvalue weighted by Gasteiger charge is -2.43. The Balaban J connectivity index is 2.04. The molecular formula is C13H23NO. The van der Waals surface area contributed by atoms with Crippen molar-refractivity contribution in [3.63, 3.8) is 0 Å². The summed E-state index contributed by atoms with van der Waals surface area (Å²) >= 11 is 0. The summed E-state index contributed by atoms with van der Waals surface area (Å²) in [5, 5.41) is 0. The molecule has 0 amide bonds. The van der Waals surface area contributed by atoms with Crippen LogP contribution in [0, 0.1) is 5.92 Å². The molecule has 0 N–H and O–H groups in total. The van der Waals surface area contributed by atoms with Crippen molar-refractivity contribution in [2.45, 2.75) is 64.5 Å². The highest BCUT2D eigenvalue weighted by Gasteiger charge is 2.34. The molecule has 3 unspecified atom stereocenters. The van der Waals surface area contributed by atoms with E-state index in [2.05, 4.69) is 18.7 Å². The van der Waals surface area contributed by atoms with Gasteiger partial charge in [-0.05, 0) is 45.1 Å². The van der Waals surface area contributed by atoms with E-state index in [1.54, 1.807) is 0 Å². The second kappa shape index (κ2) is 4.65. The van der Waals surface area contributed by atoms with Crippen molar-refractivity contribution in [3.8, 4) is 0 Å². The standard InChI is InChI=1S/C13H23NO/c1-10-6-5-9-14(11(10)2)12-7-3-4-8-13(12)15/h10-12H,3-9H2,1-2H3. The molecule has 1 saturated carbocycles. The number of nitrogens with zero attached hydrogens (tertiary/aromatic N) is 1. The number of rotatable bonds is 1. The van der Waals surface area contributed by atoms with Crippen molar-refractivity contribution >= 4 is 5.78 Å². The lowest BCUT2D eigenvalue weighted by atomic mass is 9.86. The normalized spacial score (nSPS) is 39.3. The van der Waals surface area contributed by atoms with Gasteiger partial charge in [0.05, 0.1) is 6.04 Å². The van der Waals surface area contributed by atoms with Gasteiger partial charge in [0.2, 0.25) is 0 Å². The largest absolute Gasteiger partial charge is 0.298 e. The van der Waals surface area contributed by atoms with Crippen molar-refractivity contribution < 1.29 is 4.79 Å². The monoisotopic (exact) mass is 209 g/mol. The maximum absolute atomic E-state index is 11.9. The van der Waals surface area contributed by atoms with Crippen molar-refractivity contribution in [1.29, 1.82) is 0 Å². The molecule has 15 heavy (non-hydrogen) atoms. The third-order valence-corrected chi connectivity index (χ3v) is 4.35. The van der Waals surface area contributed by atoms with E-state index in [0.717, 1.165) is 31.7 Å². The molecule has 0 radical (unpaired) electrons. The first-order valence-corrected chi connectivity index (χ1v) is 6.48. The van der Waals surface area contributed by atoms with Gasteiger partial charge < -0.3 is 0 Å². The molecule has 0 aromatic carbocycles. The number of ketones is 1. The molecule has 0 aromatic rings. The van der Waals surface area contributed by atoms with E-state index in [1.807, 2.05) is 0 Å². The van der Waals surface area contributed by atoms with Crippen LogP contribution in [0.15, 0.2) is 0 Å². The quantitative estimate of drug-likeness (QED) is 0.661. The summed E-state index contributed by atoms with van der Waals surface area (Å²) in [4.78, 5) is 14.4. The number of Topliss-reactive ketones (excluding diaryl/α,β-unsaturated/α-hetero) is 1. The third-order valence-electron chi connectivity index (χ3n) is 4.35. The number of likely N-dealkylation sites (tertiary alicyclic amines) is 1. The molecule has 86 valence electrons. The molecule has 1 saturated heterocycles. The van der Waals surface area contributed by atoms with Crippen LogP contribution in [0.1, 0.15) is 52.4 Å². The summed E-state index contributed by atoms with van der Waals surface area (Å²) in [7, 11) is 0. The average Bonchev–Trinajstić information content (AvgIpc) is 2.23. The summed E-state index contributed by atoms with van der Waals surface area (Å²) in [6.07, 6.45) is 6.90. The van der Waals surface area contributed by atoms with Gasteiger partial charge in [0.25, 0.3) is 0 Å². The summed E-state index contributed by atoms with van der Waals surface area (Å²) in [6.45, 7) is 5.76. The van der Waals surface area contributed by atoms with Crippen LogP contribution in [0.4, 0.5) is 0 Å². The molecule has 0 spiro atoms. The van der Waals surface area contributed by atoms with E-state index in [1.165, 1.54) is 19.3 Å². The zero-order chi connectivity index (χ0) is 10.8. The molecule has 0 bridgehead atoms. The zero-order valence-corrected chi connectivity index (χ0v) is 10.0. The predicted octanol–water partition coefficient (Wildman–Crippen LogP) is 2.62. The number of carbonyl (C=O) groups is 1. The van der Waals surface area contributed by atoms with Crippen LogP contribution in [0.5, 0.6) is 0 Å². The first-order valence-electron chi connectivity index (χ1n) is 6.48. The Morgan fingerprint density at radius 1 is 1.13 bits per heavy atom. The van der Waals surface area contributed by atoms with E-state index in [9.17, 15) is 4.79 Å². The van der Waals surface area contributed by atoms with E-state index in [4.69, 9.17) is 0 Å². The number of hydrogen-bond donors (Lipinski definition) is 0. The van der Waals surface area contributed by atoms with Crippen LogP contribution in [0.3, 0.4) is 0 Å². The highest BCUT2D eigenvalue weighted by Crippen LogP contribution is 2.29. The molecular weight excluding hydrogens is 186 g/mol. The smallest absolute Gasteiger partial charge is 0.149 e. The van der Waals surface area contributed by atoms with Gasteiger partial charge in [-0.3, -0.25) is 9.69 Å². The topological polar surface area (TPSA) is 20.3 Å². The summed E-state index contributed by atoms with van der Waals surface area (Å²) < 4.78 is 0. The van der Waals surface area contributed by atoms with Crippen molar-refractivity contribution in [1.82, 2.24) is 4.90 Å². The highest BCUT2D eigenvalue weighted by molar-refractivity contribution is 5.84. The summed E-state index contributed by atoms with van der Waals surface area (Å²) in [5.41, 5.74) is 0. The second-order valence-electron chi connectivity index (χ2n) is 5.33. The van der Waals surface area contributed by atoms with Crippen molar-refractivity contribution in [2.75, 3.05) is 6.54 Å². The first-order chi connectivity index (χ1) is 7.20. The van der Waals surface area contributed by atoms with Crippen LogP contribution < -0.4 is 0 Å². The Labute approximate surface area is 93.0 Å². The molecule has 1 heterocycles. The Bertz CT molecular complexity index is 239. The van der Waals surface area contributed by atoms with Gasteiger partial charge in [0.1, 0.15) is 5.78 Å². The van der Waals surface area contributed by atoms with Gasteiger partial charge >= 0.3 is 0 Å². The SMILES string of the molecule is CC1CCCN(C2CCCCC2=O)C1C. The highest BCUT2D eigenvalue weighted by atomic mass is 16.1. The van der Waals surface area contributed by atoms with Crippen LogP contribution in [-0.4, -0.2) is 29.3 Å². The fraction of sp³-hybridized carbons (Fsp3) is 0.923. The van der Waals surface area contributed by atoms with E-state index in [-0.39, 0.29) is 6.04 Å². The van der Waals surface area contributed by atoms with Crippen LogP contribution in [-0.2, 0) is 4.79 Å². The van der Waals surface area contributed by atoms with Crippen LogP contribution >= 0.6 is 0 Å². The summed E-state index contributed by atoms with van der Waals surface area (Å²) in [6, 6.07) is 0.863. The van der Waals surface area contributed by atoms with E-state index >= 15 is 0 Å². The molecule has 2 aliphatic rings. The van der Waals surface area contributed by atoms with Gasteiger partial charge in [-0.2, -0.15) is 0 Å². The second-order valence-corrected chi connectivity index (χ2v) is 5.33. The van der Waals surface area contributed by atoms with Crippen molar-refractivity contribution in [3.05, 3.63) is 0 Å². The average molecular weight is 209 g/mol. The summed E-state index contributed by atoms with van der Waals surface area (Å²) in [5.74, 6) is 1.26. The van der Waals surface area contributed by atoms with Crippen molar-refractivity contribution in [2.24, 2.45) is 5.92 Å². The Morgan fingerprint density at radius 3 is 2.67 bits per heavy atom. The van der Waals surface area contributed by atoms with Gasteiger partial charge in [-0.25, -0.2) is 0 Å². The maximum atomic E-state index is 11.9. The molecule has 1 aliphatic carbocycles. The third kappa shape index (κ3) is 2.25.